The summed E-state index contributed by atoms with van der Waals surface area (Å²) in [4.78, 5) is 0. The van der Waals surface area contributed by atoms with Gasteiger partial charge < -0.3 is 0 Å². The average molecular weight is 166 g/mol. The summed E-state index contributed by atoms with van der Waals surface area (Å²) in [7, 11) is 1.51. The van der Waals surface area contributed by atoms with Crippen LogP contribution in [0.3, 0.4) is 0 Å². The summed E-state index contributed by atoms with van der Waals surface area (Å²) in [6.45, 7) is 0. The Balaban J connectivity index is 4.02. The Hall–Kier alpha value is 0.580. The summed E-state index contributed by atoms with van der Waals surface area (Å²) >= 11 is 0. The molecule has 0 aliphatic carbocycles. The fourth-order valence-electron chi connectivity index (χ4n) is 0. The van der Waals surface area contributed by atoms with Gasteiger partial charge in [-0.05, 0) is 0 Å². The summed E-state index contributed by atoms with van der Waals surface area (Å²) in [5.74, 6) is 0. The van der Waals surface area contributed by atoms with Gasteiger partial charge in [0.1, 0.15) is 0 Å². The lowest BCUT2D eigenvalue weighted by Crippen LogP contribution is -2.27. The minimum absolute atomic E-state index is 0.757. The highest BCUT2D eigenvalue weighted by Crippen LogP contribution is 2.43. The van der Waals surface area contributed by atoms with E-state index in [1.54, 1.807) is 0 Å². The quantitative estimate of drug-likeness (QED) is 0.412. The lowest BCUT2D eigenvalue weighted by Gasteiger charge is -2.16. The number of rotatable bonds is 1. The third-order valence-corrected chi connectivity index (χ3v) is 1.55. The van der Waals surface area contributed by atoms with Crippen molar-refractivity contribution in [3.8, 4) is 0 Å². The maximum Gasteiger partial charge on any atom is 0.323 e. The van der Waals surface area contributed by atoms with Crippen molar-refractivity contribution in [1.82, 2.24) is 0 Å². The largest absolute Gasteiger partial charge is 0.323 e. The van der Waals surface area contributed by atoms with Gasteiger partial charge in [-0.25, -0.2) is 0 Å². The van der Waals surface area contributed by atoms with Gasteiger partial charge in [0.2, 0.25) is 0 Å². The lowest BCUT2D eigenvalue weighted by molar-refractivity contribution is -0.0854. The van der Waals surface area contributed by atoms with Crippen molar-refractivity contribution >= 4 is 18.5 Å². The molecule has 0 bridgehead atoms. The maximum absolute atomic E-state index is 11.4. The van der Waals surface area contributed by atoms with Crippen molar-refractivity contribution in [1.29, 1.82) is 0 Å². The monoisotopic (exact) mass is 166 g/mol. The highest BCUT2D eigenvalue weighted by molar-refractivity contribution is 7.24. The smallest absolute Gasteiger partial charge is 0.195 e. The number of hydrogen-bond acceptors (Lipinski definition) is 0. The molecule has 50 valence electrons. The van der Waals surface area contributed by atoms with Crippen LogP contribution in [-0.2, 0) is 0 Å². The molecule has 0 aliphatic heterocycles. The zero-order valence-corrected chi connectivity index (χ0v) is 5.98. The van der Waals surface area contributed by atoms with Crippen LogP contribution in [0.2, 0.25) is 0 Å². The summed E-state index contributed by atoms with van der Waals surface area (Å²) < 4.78 is 45.7. The Morgan fingerprint density at radius 3 is 0.875 bits per heavy atom. The van der Waals surface area contributed by atoms with E-state index in [1.807, 2.05) is 0 Å². The van der Waals surface area contributed by atoms with Gasteiger partial charge in [-0.1, -0.05) is 18.5 Å². The van der Waals surface area contributed by atoms with Crippen LogP contribution in [0.4, 0.5) is 17.6 Å². The van der Waals surface area contributed by atoms with Crippen molar-refractivity contribution in [2.24, 2.45) is 0 Å². The van der Waals surface area contributed by atoms with Gasteiger partial charge in [0, 0.05) is 0 Å². The van der Waals surface area contributed by atoms with E-state index in [9.17, 15) is 17.6 Å². The Kier molecular flexibility index (Phi) is 2.22. The maximum atomic E-state index is 11.4. The first-order valence-corrected chi connectivity index (χ1v) is 2.74. The first-order valence-electron chi connectivity index (χ1n) is 1.58. The van der Waals surface area contributed by atoms with Gasteiger partial charge >= 0.3 is 11.3 Å². The van der Waals surface area contributed by atoms with Crippen molar-refractivity contribution in [3.63, 3.8) is 0 Å². The second-order valence-corrected chi connectivity index (χ2v) is 2.70. The van der Waals surface area contributed by atoms with Gasteiger partial charge in [-0.15, -0.1) is 0 Å². The summed E-state index contributed by atoms with van der Waals surface area (Å²) in [5.41, 5.74) is -8.03. The minimum atomic E-state index is -4.02. The highest BCUT2D eigenvalue weighted by Gasteiger charge is 2.47. The Morgan fingerprint density at radius 2 is 0.875 bits per heavy atom. The van der Waals surface area contributed by atoms with E-state index in [2.05, 4.69) is 0 Å². The molecule has 0 aliphatic rings. The molecule has 0 radical (unpaired) electrons. The molecule has 0 amide bonds. The zero-order valence-electron chi connectivity index (χ0n) is 3.67. The number of halogens is 4. The third kappa shape index (κ3) is 2.23. The lowest BCUT2D eigenvalue weighted by atomic mass is 10.7. The molecule has 0 rings (SSSR count). The Bertz CT molecular complexity index is 67.0. The van der Waals surface area contributed by atoms with E-state index in [1.165, 1.54) is 0 Å². The molecule has 0 saturated carbocycles. The van der Waals surface area contributed by atoms with E-state index in [0.29, 0.717) is 0 Å². The summed E-state index contributed by atoms with van der Waals surface area (Å²) in [6, 6.07) is 0. The molecule has 0 N–H and O–H groups in total. The first kappa shape index (κ1) is 8.58. The van der Waals surface area contributed by atoms with Crippen LogP contribution in [-0.4, -0.2) is 11.3 Å². The Morgan fingerprint density at radius 1 is 0.750 bits per heavy atom. The molecule has 6 heteroatoms. The van der Waals surface area contributed by atoms with Crippen molar-refractivity contribution in [2.45, 2.75) is 11.3 Å². The topological polar surface area (TPSA) is 0 Å². The molecule has 0 aromatic carbocycles. The summed E-state index contributed by atoms with van der Waals surface area (Å²) in [6.07, 6.45) is 0. The molecular weight excluding hydrogens is 162 g/mol. The number of hydrogen-bond donors (Lipinski definition) is 0. The molecule has 0 nitrogen and oxygen atoms in total. The van der Waals surface area contributed by atoms with Crippen LogP contribution >= 0.6 is 18.5 Å². The SMILES string of the molecule is FC(F)(P)C(F)(F)P. The van der Waals surface area contributed by atoms with Gasteiger partial charge in [-0.3, -0.25) is 0 Å². The van der Waals surface area contributed by atoms with Crippen LogP contribution in [0.15, 0.2) is 0 Å². The Labute approximate surface area is 48.4 Å². The first-order chi connectivity index (χ1) is 3.25. The van der Waals surface area contributed by atoms with E-state index in [4.69, 9.17) is 0 Å². The molecule has 0 saturated heterocycles. The van der Waals surface area contributed by atoms with E-state index in [0.717, 1.165) is 18.5 Å². The van der Waals surface area contributed by atoms with Gasteiger partial charge in [0.05, 0.1) is 0 Å². The molecule has 2 unspecified atom stereocenters. The van der Waals surface area contributed by atoms with Gasteiger partial charge in [0.15, 0.2) is 0 Å². The van der Waals surface area contributed by atoms with Gasteiger partial charge in [0.25, 0.3) is 0 Å². The van der Waals surface area contributed by atoms with E-state index >= 15 is 0 Å². The van der Waals surface area contributed by atoms with Gasteiger partial charge in [-0.2, -0.15) is 17.6 Å². The summed E-state index contributed by atoms with van der Waals surface area (Å²) in [5, 5.41) is 0. The van der Waals surface area contributed by atoms with E-state index in [-0.39, 0.29) is 0 Å². The van der Waals surface area contributed by atoms with Crippen LogP contribution in [0.1, 0.15) is 0 Å². The minimum Gasteiger partial charge on any atom is -0.195 e. The fraction of sp³-hybridized carbons (Fsp3) is 1.00. The van der Waals surface area contributed by atoms with Crippen LogP contribution < -0.4 is 0 Å². The molecular formula is C2H4F4P2. The standard InChI is InChI=1S/C2H4F4P2/c3-1(4,7)2(5,6)8/h7-8H2. The highest BCUT2D eigenvalue weighted by atomic mass is 31.0. The average Bonchev–Trinajstić information content (AvgIpc) is 1.25. The molecule has 0 heterocycles. The third-order valence-electron chi connectivity index (χ3n) is 0.444. The molecule has 2 atom stereocenters. The van der Waals surface area contributed by atoms with E-state index < -0.39 is 11.3 Å². The predicted molar refractivity (Wildman–Crippen MR) is 29.3 cm³/mol. The molecule has 8 heavy (non-hydrogen) atoms. The van der Waals surface area contributed by atoms with Crippen molar-refractivity contribution in [3.05, 3.63) is 0 Å². The van der Waals surface area contributed by atoms with Crippen molar-refractivity contribution in [2.75, 3.05) is 0 Å². The zero-order chi connectivity index (χ0) is 7.00. The predicted octanol–water partition coefficient (Wildman–Crippen LogP) is 1.92. The van der Waals surface area contributed by atoms with Crippen molar-refractivity contribution < 1.29 is 17.6 Å². The number of alkyl halides is 4. The normalized spacial score (nSPS) is 14.2. The van der Waals surface area contributed by atoms with Crippen LogP contribution in [0.5, 0.6) is 0 Å². The second-order valence-electron chi connectivity index (χ2n) is 1.25. The second kappa shape index (κ2) is 2.07. The van der Waals surface area contributed by atoms with Crippen LogP contribution in [0, 0.1) is 0 Å². The van der Waals surface area contributed by atoms with Crippen LogP contribution in [0.25, 0.3) is 0 Å². The molecule has 0 aromatic heterocycles. The molecule has 0 aromatic rings. The fourth-order valence-corrected chi connectivity index (χ4v) is 0. The molecule has 0 spiro atoms. The molecule has 0 fully saturated rings.